The fourth-order valence-electron chi connectivity index (χ4n) is 0.924. The lowest BCUT2D eigenvalue weighted by Gasteiger charge is -2.00. The zero-order chi connectivity index (χ0) is 8.36. The molecule has 2 nitrogen and oxygen atoms in total. The minimum Gasteiger partial charge on any atom is -0.502 e. The van der Waals surface area contributed by atoms with Gasteiger partial charge in [0.25, 0.3) is 0 Å². The van der Waals surface area contributed by atoms with Crippen molar-refractivity contribution in [1.82, 2.24) is 5.32 Å². The minimum absolute atomic E-state index is 0.822. The average molecular weight is 157 g/mol. The van der Waals surface area contributed by atoms with Gasteiger partial charge in [0.05, 0.1) is 12.9 Å². The molecule has 0 atom stereocenters. The lowest BCUT2D eigenvalue weighted by molar-refractivity contribution is 0.242. The third-order valence-electron chi connectivity index (χ3n) is 1.56. The van der Waals surface area contributed by atoms with Crippen molar-refractivity contribution < 1.29 is 4.74 Å². The van der Waals surface area contributed by atoms with Gasteiger partial charge in [-0.1, -0.05) is 19.4 Å². The molecule has 0 fully saturated rings. The maximum atomic E-state index is 4.99. The average Bonchev–Trinajstić information content (AvgIpc) is 2.03. The molecular formula is C9H19NO. The second kappa shape index (κ2) is 9.50. The standard InChI is InChI=1S/C9H19NO/c1-3-11-9-7-5-4-6-8-10-2/h3,10H,1,4-9H2,2H3. The number of nitrogens with one attached hydrogen (secondary N) is 1. The van der Waals surface area contributed by atoms with E-state index in [2.05, 4.69) is 11.9 Å². The summed E-state index contributed by atoms with van der Waals surface area (Å²) in [5.74, 6) is 0. The van der Waals surface area contributed by atoms with Crippen LogP contribution < -0.4 is 5.32 Å². The van der Waals surface area contributed by atoms with Crippen LogP contribution >= 0.6 is 0 Å². The van der Waals surface area contributed by atoms with Crippen LogP contribution in [0.2, 0.25) is 0 Å². The summed E-state index contributed by atoms with van der Waals surface area (Å²) in [4.78, 5) is 0. The van der Waals surface area contributed by atoms with E-state index in [9.17, 15) is 0 Å². The zero-order valence-corrected chi connectivity index (χ0v) is 7.44. The highest BCUT2D eigenvalue weighted by molar-refractivity contribution is 4.50. The highest BCUT2D eigenvalue weighted by atomic mass is 16.5. The molecule has 1 N–H and O–H groups in total. The SMILES string of the molecule is C=COCCCCCCNC. The second-order valence-corrected chi connectivity index (χ2v) is 2.56. The first-order chi connectivity index (χ1) is 5.41. The third-order valence-corrected chi connectivity index (χ3v) is 1.56. The Labute approximate surface area is 69.6 Å². The largest absolute Gasteiger partial charge is 0.502 e. The van der Waals surface area contributed by atoms with Crippen molar-refractivity contribution in [2.45, 2.75) is 25.7 Å². The first-order valence-electron chi connectivity index (χ1n) is 4.29. The van der Waals surface area contributed by atoms with Crippen LogP contribution in [0.4, 0.5) is 0 Å². The Morgan fingerprint density at radius 2 is 2.00 bits per heavy atom. The van der Waals surface area contributed by atoms with E-state index in [4.69, 9.17) is 4.74 Å². The van der Waals surface area contributed by atoms with Gasteiger partial charge in [-0.15, -0.1) is 0 Å². The Balaban J connectivity index is 2.74. The molecule has 0 radical (unpaired) electrons. The molecule has 0 aromatic rings. The molecule has 0 amide bonds. The maximum absolute atomic E-state index is 4.99. The fourth-order valence-corrected chi connectivity index (χ4v) is 0.924. The highest BCUT2D eigenvalue weighted by Crippen LogP contribution is 1.98. The molecule has 0 unspecified atom stereocenters. The number of hydrogen-bond acceptors (Lipinski definition) is 2. The molecule has 0 aromatic heterocycles. The van der Waals surface area contributed by atoms with E-state index in [1.165, 1.54) is 25.5 Å². The Bertz CT molecular complexity index is 83.6. The van der Waals surface area contributed by atoms with Crippen LogP contribution in [0, 0.1) is 0 Å². The Kier molecular flexibility index (Phi) is 9.07. The van der Waals surface area contributed by atoms with Gasteiger partial charge in [-0.2, -0.15) is 0 Å². The van der Waals surface area contributed by atoms with Crippen LogP contribution in [-0.2, 0) is 4.74 Å². The van der Waals surface area contributed by atoms with Crippen LogP contribution in [0.25, 0.3) is 0 Å². The summed E-state index contributed by atoms with van der Waals surface area (Å²) >= 11 is 0. The van der Waals surface area contributed by atoms with E-state index in [1.807, 2.05) is 7.05 Å². The number of ether oxygens (including phenoxy) is 1. The first-order valence-corrected chi connectivity index (χ1v) is 4.29. The van der Waals surface area contributed by atoms with Gasteiger partial charge in [0.2, 0.25) is 0 Å². The van der Waals surface area contributed by atoms with Gasteiger partial charge in [-0.3, -0.25) is 0 Å². The van der Waals surface area contributed by atoms with Gasteiger partial charge in [-0.05, 0) is 26.4 Å². The summed E-state index contributed by atoms with van der Waals surface area (Å²) in [5, 5.41) is 3.12. The van der Waals surface area contributed by atoms with E-state index in [1.54, 1.807) is 0 Å². The van der Waals surface area contributed by atoms with Gasteiger partial charge in [0.15, 0.2) is 0 Å². The van der Waals surface area contributed by atoms with Crippen molar-refractivity contribution in [3.8, 4) is 0 Å². The zero-order valence-electron chi connectivity index (χ0n) is 7.44. The topological polar surface area (TPSA) is 21.3 Å². The monoisotopic (exact) mass is 157 g/mol. The van der Waals surface area contributed by atoms with E-state index in [0.717, 1.165) is 19.6 Å². The van der Waals surface area contributed by atoms with Crippen LogP contribution in [0.15, 0.2) is 12.8 Å². The number of unbranched alkanes of at least 4 members (excludes halogenated alkanes) is 3. The van der Waals surface area contributed by atoms with Crippen LogP contribution in [0.3, 0.4) is 0 Å². The lowest BCUT2D eigenvalue weighted by Crippen LogP contribution is -2.07. The Morgan fingerprint density at radius 1 is 1.27 bits per heavy atom. The first kappa shape index (κ1) is 10.5. The summed E-state index contributed by atoms with van der Waals surface area (Å²) in [7, 11) is 1.99. The molecule has 0 aliphatic rings. The summed E-state index contributed by atoms with van der Waals surface area (Å²) in [5.41, 5.74) is 0. The summed E-state index contributed by atoms with van der Waals surface area (Å²) < 4.78 is 4.99. The molecule has 0 saturated heterocycles. The lowest BCUT2D eigenvalue weighted by atomic mass is 10.2. The smallest absolute Gasteiger partial charge is 0.0873 e. The molecule has 0 aromatic carbocycles. The van der Waals surface area contributed by atoms with Crippen LogP contribution in [0.5, 0.6) is 0 Å². The van der Waals surface area contributed by atoms with Gasteiger partial charge in [-0.25, -0.2) is 0 Å². The van der Waals surface area contributed by atoms with E-state index >= 15 is 0 Å². The van der Waals surface area contributed by atoms with Gasteiger partial charge in [0.1, 0.15) is 0 Å². The number of rotatable bonds is 8. The molecule has 0 aliphatic heterocycles. The van der Waals surface area contributed by atoms with Crippen molar-refractivity contribution in [3.63, 3.8) is 0 Å². The maximum Gasteiger partial charge on any atom is 0.0873 e. The molecule has 66 valence electrons. The second-order valence-electron chi connectivity index (χ2n) is 2.56. The molecule has 0 saturated carbocycles. The molecule has 2 heteroatoms. The van der Waals surface area contributed by atoms with E-state index < -0.39 is 0 Å². The minimum atomic E-state index is 0.822. The molecule has 0 bridgehead atoms. The predicted octanol–water partition coefficient (Wildman–Crippen LogP) is 1.93. The Morgan fingerprint density at radius 3 is 2.64 bits per heavy atom. The van der Waals surface area contributed by atoms with Crippen LogP contribution in [-0.4, -0.2) is 20.2 Å². The molecule has 0 spiro atoms. The summed E-state index contributed by atoms with van der Waals surface area (Å²) in [6, 6.07) is 0. The van der Waals surface area contributed by atoms with E-state index in [0.29, 0.717) is 0 Å². The summed E-state index contributed by atoms with van der Waals surface area (Å²) in [6.07, 6.45) is 6.48. The third kappa shape index (κ3) is 9.50. The molecular weight excluding hydrogens is 138 g/mol. The summed E-state index contributed by atoms with van der Waals surface area (Å²) in [6.45, 7) is 5.43. The van der Waals surface area contributed by atoms with Crippen LogP contribution in [0.1, 0.15) is 25.7 Å². The Hall–Kier alpha value is -0.500. The highest BCUT2D eigenvalue weighted by Gasteiger charge is 1.87. The fraction of sp³-hybridized carbons (Fsp3) is 0.778. The molecule has 11 heavy (non-hydrogen) atoms. The number of hydrogen-bond donors (Lipinski definition) is 1. The van der Waals surface area contributed by atoms with E-state index in [-0.39, 0.29) is 0 Å². The van der Waals surface area contributed by atoms with Gasteiger partial charge < -0.3 is 10.1 Å². The van der Waals surface area contributed by atoms with Crippen molar-refractivity contribution in [3.05, 3.63) is 12.8 Å². The van der Waals surface area contributed by atoms with Crippen molar-refractivity contribution >= 4 is 0 Å². The quantitative estimate of drug-likeness (QED) is 0.429. The predicted molar refractivity (Wildman–Crippen MR) is 48.5 cm³/mol. The van der Waals surface area contributed by atoms with Crippen molar-refractivity contribution in [2.24, 2.45) is 0 Å². The molecule has 0 rings (SSSR count). The van der Waals surface area contributed by atoms with Gasteiger partial charge >= 0.3 is 0 Å². The van der Waals surface area contributed by atoms with Crippen molar-refractivity contribution in [2.75, 3.05) is 20.2 Å². The van der Waals surface area contributed by atoms with Gasteiger partial charge in [0, 0.05) is 0 Å². The molecule has 0 heterocycles. The molecule has 0 aliphatic carbocycles. The normalized spacial score (nSPS) is 9.55. The van der Waals surface area contributed by atoms with Crippen molar-refractivity contribution in [1.29, 1.82) is 0 Å².